The minimum Gasteiger partial charge on any atom is -0.509 e. The van der Waals surface area contributed by atoms with Crippen molar-refractivity contribution in [3.05, 3.63) is 34.9 Å². The Bertz CT molecular complexity index is 636. The molecule has 15 heavy (non-hydrogen) atoms. The minimum atomic E-state index is -0.807. The molecule has 0 aliphatic heterocycles. The predicted octanol–water partition coefficient (Wildman–Crippen LogP) is 0.644. The van der Waals surface area contributed by atoms with E-state index < -0.39 is 6.10 Å². The van der Waals surface area contributed by atoms with E-state index in [1.165, 1.54) is 0 Å². The number of furan rings is 1. The zero-order chi connectivity index (χ0) is 10.4. The van der Waals surface area contributed by atoms with Crippen molar-refractivity contribution in [1.29, 1.82) is 0 Å². The number of aliphatic hydroxyl groups excluding tert-OH is 2. The van der Waals surface area contributed by atoms with Crippen LogP contribution in [0.4, 0.5) is 0 Å². The Morgan fingerprint density at radius 2 is 2.07 bits per heavy atom. The molecule has 3 nitrogen and oxygen atoms in total. The van der Waals surface area contributed by atoms with Crippen molar-refractivity contribution in [3.8, 4) is 0 Å². The topological polar surface area (TPSA) is 53.6 Å². The van der Waals surface area contributed by atoms with Crippen molar-refractivity contribution in [2.75, 3.05) is 0 Å². The summed E-state index contributed by atoms with van der Waals surface area (Å²) in [6.07, 6.45) is 1.40. The maximum atomic E-state index is 9.80. The lowest BCUT2D eigenvalue weighted by atomic mass is 10.1. The molecule has 0 radical (unpaired) electrons. The number of rotatable bonds is 0. The Hall–Kier alpha value is -1.74. The van der Waals surface area contributed by atoms with Gasteiger partial charge in [0.05, 0.1) is 5.22 Å². The van der Waals surface area contributed by atoms with Gasteiger partial charge in [0.2, 0.25) is 0 Å². The fraction of sp³-hybridized carbons (Fsp3) is 0.167. The molecule has 1 heterocycles. The second-order valence-electron chi connectivity index (χ2n) is 3.68. The van der Waals surface area contributed by atoms with Crippen molar-refractivity contribution in [3.63, 3.8) is 0 Å². The lowest BCUT2D eigenvalue weighted by Gasteiger charge is -2.08. The van der Waals surface area contributed by atoms with Gasteiger partial charge in [-0.05, 0) is 12.1 Å². The number of hydrogen-bond acceptors (Lipinski definition) is 3. The molecule has 0 bridgehead atoms. The zero-order valence-electron chi connectivity index (χ0n) is 7.97. The molecule has 1 aliphatic carbocycles. The lowest BCUT2D eigenvalue weighted by Crippen LogP contribution is -2.32. The van der Waals surface area contributed by atoms with Crippen LogP contribution in [0.5, 0.6) is 0 Å². The number of para-hydroxylation sites is 1. The van der Waals surface area contributed by atoms with Gasteiger partial charge < -0.3 is 14.6 Å². The smallest absolute Gasteiger partial charge is 0.135 e. The average molecular weight is 202 g/mol. The highest BCUT2D eigenvalue weighted by Crippen LogP contribution is 2.12. The molecule has 1 atom stereocenters. The third kappa shape index (κ3) is 1.10. The molecule has 3 rings (SSSR count). The second kappa shape index (κ2) is 2.87. The van der Waals surface area contributed by atoms with Gasteiger partial charge in [0.1, 0.15) is 22.9 Å². The summed E-state index contributed by atoms with van der Waals surface area (Å²) in [5.74, 6) is 0.0115. The van der Waals surface area contributed by atoms with E-state index in [1.54, 1.807) is 6.08 Å². The standard InChI is InChI=1S/C12H10O3/c13-8-5-6-10-11(12(8)14)7-3-1-2-4-9(7)15-10/h1-4,6,8,13-14H,5H2. The molecule has 0 spiro atoms. The summed E-state index contributed by atoms with van der Waals surface area (Å²) in [5, 5.41) is 20.8. The van der Waals surface area contributed by atoms with Crippen LogP contribution in [0.25, 0.3) is 22.8 Å². The Kier molecular flexibility index (Phi) is 1.64. The van der Waals surface area contributed by atoms with Crippen LogP contribution in [0.1, 0.15) is 6.42 Å². The number of benzene rings is 1. The van der Waals surface area contributed by atoms with Crippen LogP contribution in [0.15, 0.2) is 28.7 Å². The average Bonchev–Trinajstić information content (AvgIpc) is 2.62. The van der Waals surface area contributed by atoms with Crippen LogP contribution < -0.4 is 10.6 Å². The molecule has 76 valence electrons. The largest absolute Gasteiger partial charge is 0.509 e. The summed E-state index contributed by atoms with van der Waals surface area (Å²) in [4.78, 5) is 0. The van der Waals surface area contributed by atoms with Gasteiger partial charge in [-0.2, -0.15) is 0 Å². The van der Waals surface area contributed by atoms with Gasteiger partial charge in [0.15, 0.2) is 0 Å². The fourth-order valence-corrected chi connectivity index (χ4v) is 1.97. The molecule has 2 aromatic rings. The Labute approximate surface area is 85.6 Å². The molecule has 0 fully saturated rings. The summed E-state index contributed by atoms with van der Waals surface area (Å²) in [7, 11) is 0. The first-order valence-corrected chi connectivity index (χ1v) is 4.86. The molecule has 1 aromatic carbocycles. The van der Waals surface area contributed by atoms with Gasteiger partial charge in [-0.1, -0.05) is 18.2 Å². The third-order valence-corrected chi connectivity index (χ3v) is 2.72. The van der Waals surface area contributed by atoms with Crippen LogP contribution in [0.2, 0.25) is 0 Å². The molecule has 1 unspecified atom stereocenters. The normalized spacial score (nSPS) is 20.1. The fourth-order valence-electron chi connectivity index (χ4n) is 1.97. The summed E-state index contributed by atoms with van der Waals surface area (Å²) in [6, 6.07) is 7.48. The summed E-state index contributed by atoms with van der Waals surface area (Å²) < 4.78 is 5.56. The molecule has 0 amide bonds. The van der Waals surface area contributed by atoms with E-state index in [2.05, 4.69) is 0 Å². The lowest BCUT2D eigenvalue weighted by molar-refractivity contribution is 0.199. The van der Waals surface area contributed by atoms with E-state index in [4.69, 9.17) is 4.42 Å². The van der Waals surface area contributed by atoms with Crippen molar-refractivity contribution < 1.29 is 14.6 Å². The molecule has 3 heteroatoms. The number of aliphatic hydroxyl groups is 2. The molecule has 0 saturated carbocycles. The van der Waals surface area contributed by atoms with Crippen LogP contribution >= 0.6 is 0 Å². The molecule has 2 N–H and O–H groups in total. The second-order valence-corrected chi connectivity index (χ2v) is 3.68. The third-order valence-electron chi connectivity index (χ3n) is 2.72. The van der Waals surface area contributed by atoms with Crippen LogP contribution in [0.3, 0.4) is 0 Å². The molecule has 1 aliphatic rings. The Balaban J connectivity index is 2.60. The minimum absolute atomic E-state index is 0.0115. The summed E-state index contributed by atoms with van der Waals surface area (Å²) in [6.45, 7) is 0. The highest BCUT2D eigenvalue weighted by atomic mass is 16.3. The van der Waals surface area contributed by atoms with E-state index in [-0.39, 0.29) is 5.76 Å². The first-order chi connectivity index (χ1) is 7.27. The Morgan fingerprint density at radius 1 is 1.27 bits per heavy atom. The first kappa shape index (κ1) is 8.56. The van der Waals surface area contributed by atoms with E-state index in [9.17, 15) is 10.2 Å². The highest BCUT2D eigenvalue weighted by Gasteiger charge is 2.17. The number of hydrogen-bond donors (Lipinski definition) is 2. The van der Waals surface area contributed by atoms with Gasteiger partial charge in [0.25, 0.3) is 0 Å². The molecule has 1 aromatic heterocycles. The SMILES string of the molecule is OC1=c2c(oc3ccccc23)=CCC1O. The van der Waals surface area contributed by atoms with Crippen molar-refractivity contribution in [1.82, 2.24) is 0 Å². The van der Waals surface area contributed by atoms with Crippen LogP contribution in [-0.4, -0.2) is 16.3 Å². The Morgan fingerprint density at radius 3 is 2.93 bits per heavy atom. The maximum Gasteiger partial charge on any atom is 0.135 e. The molecule has 0 saturated heterocycles. The van der Waals surface area contributed by atoms with Gasteiger partial charge in [-0.15, -0.1) is 0 Å². The quantitative estimate of drug-likeness (QED) is 0.659. The summed E-state index contributed by atoms with van der Waals surface area (Å²) in [5.41, 5.74) is 1.39. The first-order valence-electron chi connectivity index (χ1n) is 4.86. The summed E-state index contributed by atoms with van der Waals surface area (Å²) >= 11 is 0. The van der Waals surface area contributed by atoms with E-state index in [0.29, 0.717) is 17.1 Å². The molecular formula is C12H10O3. The molecular weight excluding hydrogens is 192 g/mol. The van der Waals surface area contributed by atoms with Crippen molar-refractivity contribution in [2.24, 2.45) is 0 Å². The van der Waals surface area contributed by atoms with Crippen LogP contribution in [0, 0.1) is 0 Å². The van der Waals surface area contributed by atoms with Crippen molar-refractivity contribution in [2.45, 2.75) is 12.5 Å². The van der Waals surface area contributed by atoms with Crippen molar-refractivity contribution >= 4 is 22.8 Å². The van der Waals surface area contributed by atoms with E-state index in [0.717, 1.165) is 11.0 Å². The monoisotopic (exact) mass is 202 g/mol. The van der Waals surface area contributed by atoms with Gasteiger partial charge in [-0.3, -0.25) is 0 Å². The van der Waals surface area contributed by atoms with Gasteiger partial charge >= 0.3 is 0 Å². The van der Waals surface area contributed by atoms with Gasteiger partial charge in [-0.25, -0.2) is 0 Å². The van der Waals surface area contributed by atoms with Gasteiger partial charge in [0, 0.05) is 11.8 Å². The van der Waals surface area contributed by atoms with E-state index in [1.807, 2.05) is 24.3 Å². The number of fused-ring (bicyclic) bond motifs is 3. The maximum absolute atomic E-state index is 9.80. The zero-order valence-corrected chi connectivity index (χ0v) is 7.97. The highest BCUT2D eigenvalue weighted by molar-refractivity contribution is 5.80. The predicted molar refractivity (Wildman–Crippen MR) is 56.6 cm³/mol. The van der Waals surface area contributed by atoms with E-state index >= 15 is 0 Å². The van der Waals surface area contributed by atoms with Crippen LogP contribution in [-0.2, 0) is 0 Å².